The highest BCUT2D eigenvalue weighted by Gasteiger charge is 2.51. The molecule has 0 aliphatic carbocycles. The van der Waals surface area contributed by atoms with Crippen molar-refractivity contribution >= 4 is 58.8 Å². The smallest absolute Gasteiger partial charge is 0.303 e. The molecule has 2 aromatic carbocycles. The second kappa shape index (κ2) is 17.6. The standard InChI is InChI=1S/C31H34N2O13/c1-17(34)42-16-24(43-18(2)35)27(44-19(3)36)29(46-21(5)38)28(45-20(4)37)26(39)25(30(40)32-22-12-8-6-9-13-22)31(41)33-23-14-10-7-11-15-23/h6-15,24-25,27-29H,16H2,1-5H3,(H,32,40)(H,33,41)/t24-,27+,28+,29+/m1/s1. The van der Waals surface area contributed by atoms with Gasteiger partial charge in [-0.1, -0.05) is 36.4 Å². The maximum atomic E-state index is 14.2. The molecule has 0 aliphatic heterocycles. The van der Waals surface area contributed by atoms with Crippen LogP contribution in [0.1, 0.15) is 34.6 Å². The molecule has 2 rings (SSSR count). The number of carbonyl (C=O) groups is 8. The Morgan fingerprint density at radius 2 is 0.957 bits per heavy atom. The maximum absolute atomic E-state index is 14.2. The summed E-state index contributed by atoms with van der Waals surface area (Å²) in [6.45, 7) is 3.96. The molecule has 0 aliphatic rings. The molecular formula is C31H34N2O13. The van der Waals surface area contributed by atoms with Crippen LogP contribution in [0, 0.1) is 5.92 Å². The van der Waals surface area contributed by atoms with Crippen molar-refractivity contribution in [2.24, 2.45) is 5.92 Å². The minimum Gasteiger partial charge on any atom is -0.462 e. The number of para-hydroxylation sites is 2. The van der Waals surface area contributed by atoms with Gasteiger partial charge in [-0.15, -0.1) is 0 Å². The van der Waals surface area contributed by atoms with Gasteiger partial charge >= 0.3 is 29.8 Å². The van der Waals surface area contributed by atoms with Gasteiger partial charge in [0.05, 0.1) is 0 Å². The van der Waals surface area contributed by atoms with Gasteiger partial charge in [0.25, 0.3) is 0 Å². The number of anilines is 2. The number of Topliss-reactive ketones (excluding diaryl/α,β-unsaturated/α-hetero) is 1. The second-order valence-corrected chi connectivity index (χ2v) is 9.67. The zero-order chi connectivity index (χ0) is 34.4. The van der Waals surface area contributed by atoms with E-state index in [-0.39, 0.29) is 11.4 Å². The van der Waals surface area contributed by atoms with E-state index in [0.717, 1.165) is 34.6 Å². The Kier molecular flexibility index (Phi) is 14.0. The van der Waals surface area contributed by atoms with Gasteiger partial charge in [-0.3, -0.25) is 38.4 Å². The van der Waals surface area contributed by atoms with Crippen molar-refractivity contribution in [3.05, 3.63) is 60.7 Å². The van der Waals surface area contributed by atoms with Crippen LogP contribution in [0.15, 0.2) is 60.7 Å². The van der Waals surface area contributed by atoms with E-state index in [1.165, 1.54) is 24.3 Å². The zero-order valence-corrected chi connectivity index (χ0v) is 25.7. The number of hydrogen-bond acceptors (Lipinski definition) is 13. The molecule has 4 atom stereocenters. The van der Waals surface area contributed by atoms with Gasteiger partial charge in [-0.25, -0.2) is 0 Å². The summed E-state index contributed by atoms with van der Waals surface area (Å²) in [6.07, 6.45) is -8.13. The van der Waals surface area contributed by atoms with Gasteiger partial charge < -0.3 is 34.3 Å². The predicted octanol–water partition coefficient (Wildman–Crippen LogP) is 1.74. The van der Waals surface area contributed by atoms with Crippen molar-refractivity contribution in [1.29, 1.82) is 0 Å². The third-order valence-corrected chi connectivity index (χ3v) is 5.83. The Morgan fingerprint density at radius 1 is 0.543 bits per heavy atom. The number of nitrogens with one attached hydrogen (secondary N) is 2. The summed E-state index contributed by atoms with van der Waals surface area (Å²) in [7, 11) is 0. The predicted molar refractivity (Wildman–Crippen MR) is 157 cm³/mol. The fourth-order valence-electron chi connectivity index (χ4n) is 4.13. The molecule has 0 saturated carbocycles. The minimum atomic E-state index is -2.31. The largest absolute Gasteiger partial charge is 0.462 e. The number of esters is 5. The highest BCUT2D eigenvalue weighted by molar-refractivity contribution is 6.25. The van der Waals surface area contributed by atoms with Crippen molar-refractivity contribution < 1.29 is 62.0 Å². The Morgan fingerprint density at radius 3 is 1.35 bits per heavy atom. The van der Waals surface area contributed by atoms with Crippen LogP contribution in [0.2, 0.25) is 0 Å². The van der Waals surface area contributed by atoms with E-state index >= 15 is 0 Å². The van der Waals surface area contributed by atoms with Crippen LogP contribution in [0.25, 0.3) is 0 Å². The molecule has 15 nitrogen and oxygen atoms in total. The van der Waals surface area contributed by atoms with Crippen LogP contribution in [-0.4, -0.2) is 78.5 Å². The molecule has 0 fully saturated rings. The second-order valence-electron chi connectivity index (χ2n) is 9.67. The third kappa shape index (κ3) is 11.8. The summed E-state index contributed by atoms with van der Waals surface area (Å²) in [4.78, 5) is 102. The summed E-state index contributed by atoms with van der Waals surface area (Å²) in [5.74, 6) is -11.1. The van der Waals surface area contributed by atoms with Crippen molar-refractivity contribution in [3.8, 4) is 0 Å². The van der Waals surface area contributed by atoms with Crippen LogP contribution in [0.3, 0.4) is 0 Å². The molecule has 0 spiro atoms. The third-order valence-electron chi connectivity index (χ3n) is 5.83. The first-order chi connectivity index (χ1) is 21.7. The van der Waals surface area contributed by atoms with Crippen molar-refractivity contribution in [2.75, 3.05) is 17.2 Å². The van der Waals surface area contributed by atoms with E-state index in [1.807, 2.05) is 0 Å². The minimum absolute atomic E-state index is 0.201. The van der Waals surface area contributed by atoms with E-state index < -0.39 is 84.4 Å². The first kappa shape index (κ1) is 36.6. The quantitative estimate of drug-likeness (QED) is 0.161. The van der Waals surface area contributed by atoms with Gasteiger partial charge in [-0.05, 0) is 24.3 Å². The topological polar surface area (TPSA) is 207 Å². The number of rotatable bonds is 15. The summed E-state index contributed by atoms with van der Waals surface area (Å²) < 4.78 is 25.9. The van der Waals surface area contributed by atoms with E-state index in [1.54, 1.807) is 36.4 Å². The van der Waals surface area contributed by atoms with Gasteiger partial charge in [0.15, 0.2) is 30.0 Å². The van der Waals surface area contributed by atoms with Crippen LogP contribution in [-0.2, 0) is 62.0 Å². The normalized spacial score (nSPS) is 13.1. The SMILES string of the molecule is CC(=O)OC[C@@H](OC(C)=O)[C@H](OC(C)=O)[C@H](OC(C)=O)[C@@H](OC(C)=O)C(=O)C(C(=O)Nc1ccccc1)C(=O)Nc1ccccc1. The summed E-state index contributed by atoms with van der Waals surface area (Å²) in [6, 6.07) is 15.6. The molecule has 2 amide bonds. The van der Waals surface area contributed by atoms with Gasteiger partial charge in [0, 0.05) is 46.0 Å². The lowest BCUT2D eigenvalue weighted by Gasteiger charge is -2.35. The Hall–Kier alpha value is -5.60. The van der Waals surface area contributed by atoms with Gasteiger partial charge in [-0.2, -0.15) is 0 Å². The lowest BCUT2D eigenvalue weighted by Crippen LogP contribution is -2.57. The van der Waals surface area contributed by atoms with Crippen LogP contribution in [0.4, 0.5) is 11.4 Å². The van der Waals surface area contributed by atoms with E-state index in [9.17, 15) is 38.4 Å². The number of hydrogen-bond donors (Lipinski definition) is 2. The molecule has 246 valence electrons. The van der Waals surface area contributed by atoms with Crippen molar-refractivity contribution in [3.63, 3.8) is 0 Å². The van der Waals surface area contributed by atoms with E-state index in [0.29, 0.717) is 0 Å². The summed E-state index contributed by atoms with van der Waals surface area (Å²) in [5, 5.41) is 4.88. The molecule has 0 heterocycles. The fourth-order valence-corrected chi connectivity index (χ4v) is 4.13. The molecular weight excluding hydrogens is 608 g/mol. The van der Waals surface area contributed by atoms with Gasteiger partial charge in [0.2, 0.25) is 17.9 Å². The first-order valence-corrected chi connectivity index (χ1v) is 13.8. The average Bonchev–Trinajstić information content (AvgIpc) is 2.96. The molecule has 0 aromatic heterocycles. The zero-order valence-electron chi connectivity index (χ0n) is 25.7. The van der Waals surface area contributed by atoms with E-state index in [2.05, 4.69) is 10.6 Å². The van der Waals surface area contributed by atoms with Gasteiger partial charge in [0.1, 0.15) is 6.61 Å². The first-order valence-electron chi connectivity index (χ1n) is 13.8. The highest BCUT2D eigenvalue weighted by Crippen LogP contribution is 2.24. The lowest BCUT2D eigenvalue weighted by atomic mass is 9.90. The molecule has 2 aromatic rings. The monoisotopic (exact) mass is 642 g/mol. The number of benzene rings is 2. The molecule has 0 bridgehead atoms. The molecule has 2 N–H and O–H groups in total. The number of ether oxygens (including phenoxy) is 5. The maximum Gasteiger partial charge on any atom is 0.303 e. The Balaban J connectivity index is 2.72. The molecule has 0 unspecified atom stereocenters. The number of carbonyl (C=O) groups excluding carboxylic acids is 8. The molecule has 0 saturated heterocycles. The van der Waals surface area contributed by atoms with Crippen LogP contribution < -0.4 is 10.6 Å². The fraction of sp³-hybridized carbons (Fsp3) is 0.355. The summed E-state index contributed by atoms with van der Waals surface area (Å²) >= 11 is 0. The molecule has 15 heteroatoms. The van der Waals surface area contributed by atoms with Crippen LogP contribution in [0.5, 0.6) is 0 Å². The average molecular weight is 643 g/mol. The number of ketones is 1. The van der Waals surface area contributed by atoms with Crippen LogP contribution >= 0.6 is 0 Å². The lowest BCUT2D eigenvalue weighted by molar-refractivity contribution is -0.203. The molecule has 46 heavy (non-hydrogen) atoms. The van der Waals surface area contributed by atoms with Crippen molar-refractivity contribution in [1.82, 2.24) is 0 Å². The Bertz CT molecular complexity index is 1370. The van der Waals surface area contributed by atoms with E-state index in [4.69, 9.17) is 23.7 Å². The number of amides is 2. The molecule has 0 radical (unpaired) electrons. The summed E-state index contributed by atoms with van der Waals surface area (Å²) in [5.41, 5.74) is 0.403. The highest BCUT2D eigenvalue weighted by atomic mass is 16.6. The Labute approximate surface area is 263 Å². The van der Waals surface area contributed by atoms with Crippen molar-refractivity contribution in [2.45, 2.75) is 59.0 Å².